The predicted octanol–water partition coefficient (Wildman–Crippen LogP) is 1.93. The van der Waals surface area contributed by atoms with E-state index in [2.05, 4.69) is 32.2 Å². The van der Waals surface area contributed by atoms with Crippen LogP contribution in [0.5, 0.6) is 0 Å². The highest BCUT2D eigenvalue weighted by atomic mass is 15.0. The maximum Gasteiger partial charge on any atom is 0.182 e. The highest BCUT2D eigenvalue weighted by Crippen LogP contribution is 2.15. The standard InChI is InChI=1S/C12H15N5/c1-3-9-7-11(14-4-2)17-12(16-9)10-8-13-5-6-15-10/h5-8H,3-4H2,1-2H3,(H,14,16,17). The first kappa shape index (κ1) is 11.4. The van der Waals surface area contributed by atoms with Crippen molar-refractivity contribution < 1.29 is 0 Å². The SMILES string of the molecule is CCNc1cc(CC)nc(-c2cnccn2)n1. The van der Waals surface area contributed by atoms with E-state index in [1.165, 1.54) is 0 Å². The zero-order valence-electron chi connectivity index (χ0n) is 10.0. The highest BCUT2D eigenvalue weighted by molar-refractivity contribution is 5.51. The summed E-state index contributed by atoms with van der Waals surface area (Å²) in [5.74, 6) is 1.45. The van der Waals surface area contributed by atoms with Crippen molar-refractivity contribution in [2.24, 2.45) is 0 Å². The molecule has 2 aromatic heterocycles. The molecule has 0 saturated heterocycles. The van der Waals surface area contributed by atoms with E-state index >= 15 is 0 Å². The first-order valence-electron chi connectivity index (χ1n) is 5.71. The van der Waals surface area contributed by atoms with E-state index < -0.39 is 0 Å². The van der Waals surface area contributed by atoms with Gasteiger partial charge in [0, 0.05) is 30.7 Å². The molecule has 0 aliphatic carbocycles. The van der Waals surface area contributed by atoms with Crippen LogP contribution in [0, 0.1) is 0 Å². The number of hydrogen-bond acceptors (Lipinski definition) is 5. The van der Waals surface area contributed by atoms with E-state index in [1.807, 2.05) is 13.0 Å². The van der Waals surface area contributed by atoms with Crippen LogP contribution in [-0.4, -0.2) is 26.5 Å². The monoisotopic (exact) mass is 229 g/mol. The second kappa shape index (κ2) is 5.34. The molecule has 0 aliphatic heterocycles. The van der Waals surface area contributed by atoms with Crippen molar-refractivity contribution in [3.63, 3.8) is 0 Å². The Hall–Kier alpha value is -2.04. The van der Waals surface area contributed by atoms with Gasteiger partial charge in [0.05, 0.1) is 6.20 Å². The van der Waals surface area contributed by atoms with E-state index in [4.69, 9.17) is 0 Å². The van der Waals surface area contributed by atoms with Gasteiger partial charge in [-0.15, -0.1) is 0 Å². The van der Waals surface area contributed by atoms with Crippen LogP contribution in [0.2, 0.25) is 0 Å². The smallest absolute Gasteiger partial charge is 0.182 e. The molecule has 0 fully saturated rings. The second-order valence-electron chi connectivity index (χ2n) is 3.54. The summed E-state index contributed by atoms with van der Waals surface area (Å²) < 4.78 is 0. The third-order valence-corrected chi connectivity index (χ3v) is 2.29. The Morgan fingerprint density at radius 1 is 1.18 bits per heavy atom. The van der Waals surface area contributed by atoms with E-state index in [0.29, 0.717) is 11.5 Å². The van der Waals surface area contributed by atoms with E-state index in [-0.39, 0.29) is 0 Å². The topological polar surface area (TPSA) is 63.6 Å². The Morgan fingerprint density at radius 3 is 2.71 bits per heavy atom. The van der Waals surface area contributed by atoms with Crippen molar-refractivity contribution >= 4 is 5.82 Å². The number of rotatable bonds is 4. The summed E-state index contributed by atoms with van der Waals surface area (Å²) in [6.07, 6.45) is 5.82. The molecule has 0 spiro atoms. The molecule has 0 aromatic carbocycles. The van der Waals surface area contributed by atoms with E-state index in [0.717, 1.165) is 24.5 Å². The molecular formula is C12H15N5. The van der Waals surface area contributed by atoms with Crippen molar-refractivity contribution in [1.29, 1.82) is 0 Å². The summed E-state index contributed by atoms with van der Waals surface area (Å²) in [6, 6.07) is 1.96. The van der Waals surface area contributed by atoms with Crippen molar-refractivity contribution in [3.8, 4) is 11.5 Å². The van der Waals surface area contributed by atoms with Crippen molar-refractivity contribution in [1.82, 2.24) is 19.9 Å². The van der Waals surface area contributed by atoms with Crippen LogP contribution in [0.1, 0.15) is 19.5 Å². The molecule has 0 atom stereocenters. The molecule has 17 heavy (non-hydrogen) atoms. The molecule has 1 N–H and O–H groups in total. The van der Waals surface area contributed by atoms with Crippen LogP contribution in [0.3, 0.4) is 0 Å². The van der Waals surface area contributed by atoms with Crippen molar-refractivity contribution in [3.05, 3.63) is 30.4 Å². The molecule has 5 heteroatoms. The maximum absolute atomic E-state index is 4.45. The molecule has 0 aliphatic rings. The molecular weight excluding hydrogens is 214 g/mol. The Kier molecular flexibility index (Phi) is 3.59. The first-order chi connectivity index (χ1) is 8.33. The summed E-state index contributed by atoms with van der Waals surface area (Å²) in [5, 5.41) is 3.19. The zero-order valence-corrected chi connectivity index (χ0v) is 10.0. The quantitative estimate of drug-likeness (QED) is 0.867. The Labute approximate surface area is 100 Å². The van der Waals surface area contributed by atoms with Gasteiger partial charge in [-0.1, -0.05) is 6.92 Å². The average molecular weight is 229 g/mol. The van der Waals surface area contributed by atoms with Gasteiger partial charge in [0.1, 0.15) is 11.5 Å². The van der Waals surface area contributed by atoms with Gasteiger partial charge >= 0.3 is 0 Å². The van der Waals surface area contributed by atoms with Crippen molar-refractivity contribution in [2.75, 3.05) is 11.9 Å². The lowest BCUT2D eigenvalue weighted by Gasteiger charge is -2.07. The molecule has 0 saturated carbocycles. The number of nitrogens with one attached hydrogen (secondary N) is 1. The molecule has 2 heterocycles. The molecule has 88 valence electrons. The minimum absolute atomic E-state index is 0.619. The van der Waals surface area contributed by atoms with Gasteiger partial charge in [-0.25, -0.2) is 15.0 Å². The Balaban J connectivity index is 2.43. The maximum atomic E-state index is 4.45. The van der Waals surface area contributed by atoms with Gasteiger partial charge in [-0.2, -0.15) is 0 Å². The van der Waals surface area contributed by atoms with Crippen LogP contribution in [0.4, 0.5) is 5.82 Å². The molecule has 2 rings (SSSR count). The first-order valence-corrected chi connectivity index (χ1v) is 5.71. The summed E-state index contributed by atoms with van der Waals surface area (Å²) >= 11 is 0. The molecule has 0 unspecified atom stereocenters. The summed E-state index contributed by atoms with van der Waals surface area (Å²) in [4.78, 5) is 17.1. The van der Waals surface area contributed by atoms with Gasteiger partial charge < -0.3 is 5.32 Å². The van der Waals surface area contributed by atoms with Gasteiger partial charge in [0.2, 0.25) is 0 Å². The number of hydrogen-bond donors (Lipinski definition) is 1. The average Bonchev–Trinajstić information content (AvgIpc) is 2.40. The molecule has 0 radical (unpaired) electrons. The Morgan fingerprint density at radius 2 is 2.06 bits per heavy atom. The van der Waals surface area contributed by atoms with Crippen LogP contribution in [0.25, 0.3) is 11.5 Å². The van der Waals surface area contributed by atoms with Gasteiger partial charge in [0.25, 0.3) is 0 Å². The third-order valence-electron chi connectivity index (χ3n) is 2.29. The second-order valence-corrected chi connectivity index (χ2v) is 3.54. The fourth-order valence-electron chi connectivity index (χ4n) is 1.48. The highest BCUT2D eigenvalue weighted by Gasteiger charge is 2.06. The van der Waals surface area contributed by atoms with Crippen LogP contribution in [0.15, 0.2) is 24.7 Å². The number of anilines is 1. The van der Waals surface area contributed by atoms with Gasteiger partial charge in [0.15, 0.2) is 5.82 Å². The van der Waals surface area contributed by atoms with E-state index in [9.17, 15) is 0 Å². The number of aryl methyl sites for hydroxylation is 1. The predicted molar refractivity (Wildman–Crippen MR) is 66.6 cm³/mol. The van der Waals surface area contributed by atoms with Crippen LogP contribution in [-0.2, 0) is 6.42 Å². The van der Waals surface area contributed by atoms with Crippen LogP contribution >= 0.6 is 0 Å². The van der Waals surface area contributed by atoms with Crippen LogP contribution < -0.4 is 5.32 Å². The lowest BCUT2D eigenvalue weighted by Crippen LogP contribution is -2.04. The van der Waals surface area contributed by atoms with Gasteiger partial charge in [-0.05, 0) is 13.3 Å². The van der Waals surface area contributed by atoms with Gasteiger partial charge in [-0.3, -0.25) is 4.98 Å². The summed E-state index contributed by atoms with van der Waals surface area (Å²) in [6.45, 7) is 4.94. The minimum Gasteiger partial charge on any atom is -0.370 e. The fraction of sp³-hybridized carbons (Fsp3) is 0.333. The zero-order chi connectivity index (χ0) is 12.1. The summed E-state index contributed by atoms with van der Waals surface area (Å²) in [5.41, 5.74) is 1.69. The fourth-order valence-corrected chi connectivity index (χ4v) is 1.48. The lowest BCUT2D eigenvalue weighted by molar-refractivity contribution is 0.988. The van der Waals surface area contributed by atoms with Crippen molar-refractivity contribution in [2.45, 2.75) is 20.3 Å². The molecule has 0 bridgehead atoms. The van der Waals surface area contributed by atoms with E-state index in [1.54, 1.807) is 18.6 Å². The largest absolute Gasteiger partial charge is 0.370 e. The lowest BCUT2D eigenvalue weighted by atomic mass is 10.3. The Bertz CT molecular complexity index is 484. The summed E-state index contributed by atoms with van der Waals surface area (Å²) in [7, 11) is 0. The number of aromatic nitrogens is 4. The molecule has 0 amide bonds. The molecule has 2 aromatic rings. The normalized spacial score (nSPS) is 10.2. The minimum atomic E-state index is 0.619. The third kappa shape index (κ3) is 2.75. The molecule has 5 nitrogen and oxygen atoms in total. The number of nitrogens with zero attached hydrogens (tertiary/aromatic N) is 4.